The quantitative estimate of drug-likeness (QED) is 0.770. The summed E-state index contributed by atoms with van der Waals surface area (Å²) in [6.07, 6.45) is 6.92. The van der Waals surface area contributed by atoms with E-state index in [1.807, 2.05) is 6.92 Å². The number of carbonyl (C=O) groups is 2. The first-order chi connectivity index (χ1) is 10.6. The van der Waals surface area contributed by atoms with Crippen LogP contribution in [0.15, 0.2) is 18.3 Å². The SMILES string of the molecule is CCCCC(NC(=O)c1ccnc(OC2CCC2)c1)C(=O)O. The van der Waals surface area contributed by atoms with Gasteiger partial charge in [0.15, 0.2) is 0 Å². The molecule has 0 saturated heterocycles. The van der Waals surface area contributed by atoms with Gasteiger partial charge in [-0.1, -0.05) is 19.8 Å². The van der Waals surface area contributed by atoms with Gasteiger partial charge in [-0.05, 0) is 31.7 Å². The summed E-state index contributed by atoms with van der Waals surface area (Å²) in [5, 5.41) is 11.7. The lowest BCUT2D eigenvalue weighted by molar-refractivity contribution is -0.139. The molecule has 1 amide bonds. The zero-order valence-corrected chi connectivity index (χ0v) is 12.7. The van der Waals surface area contributed by atoms with Gasteiger partial charge in [-0.3, -0.25) is 4.79 Å². The first kappa shape index (κ1) is 16.3. The second-order valence-corrected chi connectivity index (χ2v) is 5.56. The Labute approximate surface area is 129 Å². The molecule has 0 radical (unpaired) electrons. The van der Waals surface area contributed by atoms with Crippen LogP contribution in [0.5, 0.6) is 5.88 Å². The van der Waals surface area contributed by atoms with Gasteiger partial charge in [0.05, 0.1) is 0 Å². The maximum atomic E-state index is 12.2. The van der Waals surface area contributed by atoms with Crippen LogP contribution in [0, 0.1) is 0 Å². The molecule has 1 aliphatic carbocycles. The Morgan fingerprint density at radius 1 is 1.50 bits per heavy atom. The fourth-order valence-electron chi connectivity index (χ4n) is 2.18. The molecular weight excluding hydrogens is 284 g/mol. The van der Waals surface area contributed by atoms with Crippen molar-refractivity contribution in [3.8, 4) is 5.88 Å². The Kier molecular flexibility index (Phi) is 5.75. The van der Waals surface area contributed by atoms with Crippen molar-refractivity contribution < 1.29 is 19.4 Å². The summed E-state index contributed by atoms with van der Waals surface area (Å²) in [6, 6.07) is 2.25. The first-order valence-electron chi connectivity index (χ1n) is 7.76. The van der Waals surface area contributed by atoms with Crippen LogP contribution in [-0.4, -0.2) is 34.1 Å². The van der Waals surface area contributed by atoms with E-state index in [0.717, 1.165) is 32.1 Å². The molecule has 0 spiro atoms. The Bertz CT molecular complexity index is 529. The molecule has 6 nitrogen and oxygen atoms in total. The highest BCUT2D eigenvalue weighted by Gasteiger charge is 2.22. The zero-order chi connectivity index (χ0) is 15.9. The van der Waals surface area contributed by atoms with Crippen molar-refractivity contribution in [2.75, 3.05) is 0 Å². The molecule has 1 aliphatic rings. The Balaban J connectivity index is 1.98. The average molecular weight is 306 g/mol. The molecule has 1 saturated carbocycles. The van der Waals surface area contributed by atoms with Gasteiger partial charge in [0.25, 0.3) is 5.91 Å². The minimum Gasteiger partial charge on any atom is -0.480 e. The summed E-state index contributed by atoms with van der Waals surface area (Å²) >= 11 is 0. The minimum absolute atomic E-state index is 0.183. The van der Waals surface area contributed by atoms with Gasteiger partial charge in [0.2, 0.25) is 5.88 Å². The number of carbonyl (C=O) groups excluding carboxylic acids is 1. The molecule has 1 fully saturated rings. The van der Waals surface area contributed by atoms with Gasteiger partial charge in [-0.25, -0.2) is 9.78 Å². The maximum absolute atomic E-state index is 12.2. The molecule has 1 unspecified atom stereocenters. The number of ether oxygens (including phenoxy) is 1. The van der Waals surface area contributed by atoms with E-state index in [0.29, 0.717) is 17.9 Å². The number of nitrogens with zero attached hydrogens (tertiary/aromatic N) is 1. The number of carboxylic acid groups (broad SMARTS) is 1. The van der Waals surface area contributed by atoms with E-state index >= 15 is 0 Å². The number of amides is 1. The fourth-order valence-corrected chi connectivity index (χ4v) is 2.18. The van der Waals surface area contributed by atoms with Gasteiger partial charge in [0, 0.05) is 17.8 Å². The van der Waals surface area contributed by atoms with E-state index < -0.39 is 17.9 Å². The van der Waals surface area contributed by atoms with Crippen molar-refractivity contribution in [3.05, 3.63) is 23.9 Å². The van der Waals surface area contributed by atoms with Crippen LogP contribution >= 0.6 is 0 Å². The number of carboxylic acids is 1. The van der Waals surface area contributed by atoms with Crippen molar-refractivity contribution in [2.24, 2.45) is 0 Å². The van der Waals surface area contributed by atoms with E-state index in [-0.39, 0.29) is 6.10 Å². The van der Waals surface area contributed by atoms with Gasteiger partial charge in [0.1, 0.15) is 12.1 Å². The number of rotatable bonds is 8. The lowest BCUT2D eigenvalue weighted by Crippen LogP contribution is -2.40. The molecule has 22 heavy (non-hydrogen) atoms. The lowest BCUT2D eigenvalue weighted by Gasteiger charge is -2.25. The van der Waals surface area contributed by atoms with E-state index in [9.17, 15) is 9.59 Å². The summed E-state index contributed by atoms with van der Waals surface area (Å²) in [5.74, 6) is -1.01. The third-order valence-electron chi connectivity index (χ3n) is 3.79. The number of pyridine rings is 1. The Hall–Kier alpha value is -2.11. The predicted octanol–water partition coefficient (Wildman–Crippen LogP) is 2.39. The molecule has 6 heteroatoms. The molecule has 1 atom stereocenters. The van der Waals surface area contributed by atoms with Gasteiger partial charge in [-0.2, -0.15) is 0 Å². The summed E-state index contributed by atoms with van der Waals surface area (Å²) in [5.41, 5.74) is 0.368. The predicted molar refractivity (Wildman–Crippen MR) is 80.9 cm³/mol. The topological polar surface area (TPSA) is 88.5 Å². The van der Waals surface area contributed by atoms with E-state index in [4.69, 9.17) is 9.84 Å². The average Bonchev–Trinajstić information content (AvgIpc) is 2.47. The lowest BCUT2D eigenvalue weighted by atomic mass is 9.96. The van der Waals surface area contributed by atoms with Gasteiger partial charge in [-0.15, -0.1) is 0 Å². The third-order valence-corrected chi connectivity index (χ3v) is 3.79. The second-order valence-electron chi connectivity index (χ2n) is 5.56. The van der Waals surface area contributed by atoms with Crippen LogP contribution in [0.3, 0.4) is 0 Å². The summed E-state index contributed by atoms with van der Waals surface area (Å²) in [4.78, 5) is 27.5. The number of aromatic nitrogens is 1. The smallest absolute Gasteiger partial charge is 0.326 e. The second kappa shape index (κ2) is 7.77. The number of nitrogens with one attached hydrogen (secondary N) is 1. The first-order valence-corrected chi connectivity index (χ1v) is 7.76. The molecule has 0 bridgehead atoms. The van der Waals surface area contributed by atoms with E-state index in [1.165, 1.54) is 6.20 Å². The Morgan fingerprint density at radius 2 is 2.27 bits per heavy atom. The molecule has 1 aromatic rings. The monoisotopic (exact) mass is 306 g/mol. The van der Waals surface area contributed by atoms with E-state index in [2.05, 4.69) is 10.3 Å². The highest BCUT2D eigenvalue weighted by atomic mass is 16.5. The third kappa shape index (κ3) is 4.44. The summed E-state index contributed by atoms with van der Waals surface area (Å²) in [6.45, 7) is 1.98. The van der Waals surface area contributed by atoms with Crippen LogP contribution in [-0.2, 0) is 4.79 Å². The van der Waals surface area contributed by atoms with Gasteiger partial charge >= 0.3 is 5.97 Å². The number of unbranched alkanes of at least 4 members (excludes halogenated alkanes) is 1. The number of aliphatic carboxylic acids is 1. The molecule has 0 aromatic carbocycles. The van der Waals surface area contributed by atoms with Crippen molar-refractivity contribution in [2.45, 2.75) is 57.6 Å². The van der Waals surface area contributed by atoms with Crippen molar-refractivity contribution >= 4 is 11.9 Å². The number of hydrogen-bond donors (Lipinski definition) is 2. The van der Waals surface area contributed by atoms with Crippen LogP contribution in [0.4, 0.5) is 0 Å². The fraction of sp³-hybridized carbons (Fsp3) is 0.562. The van der Waals surface area contributed by atoms with Gasteiger partial charge < -0.3 is 15.2 Å². The normalized spacial score (nSPS) is 15.7. The molecule has 2 N–H and O–H groups in total. The van der Waals surface area contributed by atoms with Crippen LogP contribution in [0.25, 0.3) is 0 Å². The van der Waals surface area contributed by atoms with Crippen molar-refractivity contribution in [1.29, 1.82) is 0 Å². The Morgan fingerprint density at radius 3 is 2.86 bits per heavy atom. The largest absolute Gasteiger partial charge is 0.480 e. The zero-order valence-electron chi connectivity index (χ0n) is 12.7. The highest BCUT2D eigenvalue weighted by Crippen LogP contribution is 2.24. The summed E-state index contributed by atoms with van der Waals surface area (Å²) in [7, 11) is 0. The summed E-state index contributed by atoms with van der Waals surface area (Å²) < 4.78 is 5.65. The van der Waals surface area contributed by atoms with Crippen molar-refractivity contribution in [1.82, 2.24) is 10.3 Å². The standard InChI is InChI=1S/C16H22N2O4/c1-2-3-7-13(16(20)21)18-15(19)11-8-9-17-14(10-11)22-12-5-4-6-12/h8-10,12-13H,2-7H2,1H3,(H,18,19)(H,20,21). The molecule has 1 heterocycles. The molecular formula is C16H22N2O4. The highest BCUT2D eigenvalue weighted by molar-refractivity contribution is 5.96. The molecule has 1 aromatic heterocycles. The van der Waals surface area contributed by atoms with Crippen LogP contribution in [0.2, 0.25) is 0 Å². The van der Waals surface area contributed by atoms with Crippen LogP contribution < -0.4 is 10.1 Å². The molecule has 0 aliphatic heterocycles. The molecule has 120 valence electrons. The van der Waals surface area contributed by atoms with Crippen molar-refractivity contribution in [3.63, 3.8) is 0 Å². The minimum atomic E-state index is -1.01. The van der Waals surface area contributed by atoms with Crippen LogP contribution in [0.1, 0.15) is 55.8 Å². The maximum Gasteiger partial charge on any atom is 0.326 e. The van der Waals surface area contributed by atoms with E-state index in [1.54, 1.807) is 12.1 Å². The molecule has 2 rings (SSSR count). The number of hydrogen-bond acceptors (Lipinski definition) is 4.